The molecule has 0 saturated carbocycles. The molecule has 2 N–H and O–H groups in total. The molecule has 21 heavy (non-hydrogen) atoms. The summed E-state index contributed by atoms with van der Waals surface area (Å²) in [5.74, 6) is 0. The molecule has 1 unspecified atom stereocenters. The molecule has 1 atom stereocenters. The van der Waals surface area contributed by atoms with Crippen molar-refractivity contribution in [1.29, 1.82) is 0 Å². The van der Waals surface area contributed by atoms with E-state index in [2.05, 4.69) is 42.7 Å². The highest BCUT2D eigenvalue weighted by atomic mass is 35.5. The molecule has 2 rings (SSSR count). The minimum absolute atomic E-state index is 0.208. The Labute approximate surface area is 134 Å². The van der Waals surface area contributed by atoms with Gasteiger partial charge in [-0.1, -0.05) is 18.5 Å². The van der Waals surface area contributed by atoms with Crippen molar-refractivity contribution in [2.75, 3.05) is 31.1 Å². The van der Waals surface area contributed by atoms with Gasteiger partial charge in [0.2, 0.25) is 0 Å². The Bertz CT molecular complexity index is 453. The molecule has 1 saturated heterocycles. The van der Waals surface area contributed by atoms with Gasteiger partial charge >= 0.3 is 0 Å². The average molecular weight is 310 g/mol. The van der Waals surface area contributed by atoms with Crippen molar-refractivity contribution in [2.24, 2.45) is 5.73 Å². The second-order valence-corrected chi connectivity index (χ2v) is 6.70. The maximum Gasteiger partial charge on any atom is 0.0410 e. The molecule has 3 nitrogen and oxygen atoms in total. The number of rotatable bonds is 5. The van der Waals surface area contributed by atoms with Crippen LogP contribution in [0, 0.1) is 0 Å². The Morgan fingerprint density at radius 2 is 1.86 bits per heavy atom. The lowest BCUT2D eigenvalue weighted by Gasteiger charge is -2.39. The van der Waals surface area contributed by atoms with Crippen LogP contribution in [0.5, 0.6) is 0 Å². The summed E-state index contributed by atoms with van der Waals surface area (Å²) in [6, 6.07) is 7.07. The molecular weight excluding hydrogens is 282 g/mol. The summed E-state index contributed by atoms with van der Waals surface area (Å²) >= 11 is 6.18. The molecule has 0 aliphatic carbocycles. The van der Waals surface area contributed by atoms with Gasteiger partial charge in [-0.2, -0.15) is 0 Å². The van der Waals surface area contributed by atoms with Gasteiger partial charge in [0.15, 0.2) is 0 Å². The van der Waals surface area contributed by atoms with Crippen LogP contribution in [0.4, 0.5) is 5.69 Å². The second kappa shape index (κ2) is 7.48. The largest absolute Gasteiger partial charge is 0.369 e. The molecule has 1 aromatic rings. The number of halogens is 1. The SMILES string of the molecule is CCC(N)Cc1cc(Cl)ccc1N1CCN(C(C)C)CC1. The number of nitrogens with zero attached hydrogens (tertiary/aromatic N) is 2. The number of nitrogens with two attached hydrogens (primary N) is 1. The van der Waals surface area contributed by atoms with Gasteiger partial charge in [0.1, 0.15) is 0 Å². The second-order valence-electron chi connectivity index (χ2n) is 6.26. The van der Waals surface area contributed by atoms with E-state index < -0.39 is 0 Å². The van der Waals surface area contributed by atoms with Gasteiger partial charge < -0.3 is 10.6 Å². The van der Waals surface area contributed by atoms with E-state index in [1.807, 2.05) is 6.07 Å². The Morgan fingerprint density at radius 3 is 2.43 bits per heavy atom. The van der Waals surface area contributed by atoms with Crippen molar-refractivity contribution in [3.63, 3.8) is 0 Å². The fourth-order valence-electron chi connectivity index (χ4n) is 2.93. The Balaban J connectivity index is 2.12. The Hall–Kier alpha value is -0.770. The fraction of sp³-hybridized carbons (Fsp3) is 0.647. The highest BCUT2D eigenvalue weighted by Crippen LogP contribution is 2.27. The summed E-state index contributed by atoms with van der Waals surface area (Å²) in [6.45, 7) is 11.1. The quantitative estimate of drug-likeness (QED) is 0.907. The molecule has 1 heterocycles. The van der Waals surface area contributed by atoms with E-state index in [1.165, 1.54) is 11.3 Å². The first-order chi connectivity index (χ1) is 10.0. The number of hydrogen-bond donors (Lipinski definition) is 1. The summed E-state index contributed by atoms with van der Waals surface area (Å²) in [4.78, 5) is 5.01. The van der Waals surface area contributed by atoms with Crippen molar-refractivity contribution in [1.82, 2.24) is 4.90 Å². The van der Waals surface area contributed by atoms with Crippen LogP contribution in [-0.4, -0.2) is 43.2 Å². The smallest absolute Gasteiger partial charge is 0.0410 e. The first-order valence-electron chi connectivity index (χ1n) is 8.04. The molecule has 0 aromatic heterocycles. The average Bonchev–Trinajstić information content (AvgIpc) is 2.47. The third kappa shape index (κ3) is 4.35. The van der Waals surface area contributed by atoms with Gasteiger partial charge in [0, 0.05) is 49.0 Å². The number of anilines is 1. The topological polar surface area (TPSA) is 32.5 Å². The van der Waals surface area contributed by atoms with E-state index in [0.29, 0.717) is 6.04 Å². The summed E-state index contributed by atoms with van der Waals surface area (Å²) in [7, 11) is 0. The molecule has 1 aliphatic rings. The van der Waals surface area contributed by atoms with Crippen molar-refractivity contribution < 1.29 is 0 Å². The van der Waals surface area contributed by atoms with Crippen molar-refractivity contribution >= 4 is 17.3 Å². The molecule has 0 spiro atoms. The zero-order valence-electron chi connectivity index (χ0n) is 13.5. The molecule has 0 amide bonds. The van der Waals surface area contributed by atoms with Crippen LogP contribution in [0.3, 0.4) is 0 Å². The van der Waals surface area contributed by atoms with Crippen molar-refractivity contribution in [3.05, 3.63) is 28.8 Å². The maximum atomic E-state index is 6.18. The Kier molecular flexibility index (Phi) is 5.91. The van der Waals surface area contributed by atoms with Crippen LogP contribution in [0.1, 0.15) is 32.8 Å². The summed E-state index contributed by atoms with van der Waals surface area (Å²) in [5.41, 5.74) is 8.74. The van der Waals surface area contributed by atoms with Gasteiger partial charge in [0.05, 0.1) is 0 Å². The lowest BCUT2D eigenvalue weighted by Crippen LogP contribution is -2.49. The van der Waals surface area contributed by atoms with E-state index >= 15 is 0 Å². The van der Waals surface area contributed by atoms with Crippen molar-refractivity contribution in [2.45, 2.75) is 45.7 Å². The van der Waals surface area contributed by atoms with Crippen LogP contribution in [0.25, 0.3) is 0 Å². The third-order valence-corrected chi connectivity index (χ3v) is 4.67. The molecule has 0 radical (unpaired) electrons. The van der Waals surface area contributed by atoms with Crippen LogP contribution in [0.15, 0.2) is 18.2 Å². The highest BCUT2D eigenvalue weighted by molar-refractivity contribution is 6.30. The lowest BCUT2D eigenvalue weighted by molar-refractivity contribution is 0.209. The first kappa shape index (κ1) is 16.6. The van der Waals surface area contributed by atoms with Crippen LogP contribution < -0.4 is 10.6 Å². The van der Waals surface area contributed by atoms with Crippen LogP contribution in [-0.2, 0) is 6.42 Å². The lowest BCUT2D eigenvalue weighted by atomic mass is 10.0. The number of hydrogen-bond acceptors (Lipinski definition) is 3. The summed E-state index contributed by atoms with van der Waals surface area (Å²) in [6.07, 6.45) is 1.89. The maximum absolute atomic E-state index is 6.18. The molecule has 118 valence electrons. The van der Waals surface area contributed by atoms with E-state index in [4.69, 9.17) is 17.3 Å². The molecule has 0 bridgehead atoms. The molecule has 4 heteroatoms. The van der Waals surface area contributed by atoms with Gasteiger partial charge in [-0.15, -0.1) is 0 Å². The normalized spacial score (nSPS) is 18.3. The zero-order chi connectivity index (χ0) is 15.4. The highest BCUT2D eigenvalue weighted by Gasteiger charge is 2.21. The molecule has 1 fully saturated rings. The van der Waals surface area contributed by atoms with Gasteiger partial charge in [-0.25, -0.2) is 0 Å². The van der Waals surface area contributed by atoms with E-state index in [-0.39, 0.29) is 6.04 Å². The summed E-state index contributed by atoms with van der Waals surface area (Å²) < 4.78 is 0. The number of piperazine rings is 1. The van der Waals surface area contributed by atoms with Crippen molar-refractivity contribution in [3.8, 4) is 0 Å². The van der Waals surface area contributed by atoms with Crippen LogP contribution >= 0.6 is 11.6 Å². The van der Waals surface area contributed by atoms with E-state index in [0.717, 1.165) is 44.0 Å². The minimum atomic E-state index is 0.208. The third-order valence-electron chi connectivity index (χ3n) is 4.43. The van der Waals surface area contributed by atoms with E-state index in [9.17, 15) is 0 Å². The van der Waals surface area contributed by atoms with Gasteiger partial charge in [-0.05, 0) is 50.5 Å². The van der Waals surface area contributed by atoms with Gasteiger partial charge in [0.25, 0.3) is 0 Å². The first-order valence-corrected chi connectivity index (χ1v) is 8.42. The monoisotopic (exact) mass is 309 g/mol. The predicted octanol–water partition coefficient (Wildman–Crippen LogP) is 3.15. The standard InChI is InChI=1S/C17H28ClN3/c1-4-16(19)12-14-11-15(18)5-6-17(14)21-9-7-20(8-10-21)13(2)3/h5-6,11,13,16H,4,7-10,12,19H2,1-3H3. The zero-order valence-corrected chi connectivity index (χ0v) is 14.2. The molecule has 1 aromatic carbocycles. The number of benzene rings is 1. The fourth-order valence-corrected chi connectivity index (χ4v) is 3.13. The van der Waals surface area contributed by atoms with E-state index in [1.54, 1.807) is 0 Å². The predicted molar refractivity (Wildman–Crippen MR) is 92.3 cm³/mol. The Morgan fingerprint density at radius 1 is 1.19 bits per heavy atom. The summed E-state index contributed by atoms with van der Waals surface area (Å²) in [5, 5.41) is 0.804. The van der Waals surface area contributed by atoms with Crippen LogP contribution in [0.2, 0.25) is 5.02 Å². The molecule has 1 aliphatic heterocycles. The minimum Gasteiger partial charge on any atom is -0.369 e. The molecular formula is C17H28ClN3. The van der Waals surface area contributed by atoms with Gasteiger partial charge in [-0.3, -0.25) is 4.90 Å².